The zero-order valence-corrected chi connectivity index (χ0v) is 11.5. The second-order valence-electron chi connectivity index (χ2n) is 4.70. The summed E-state index contributed by atoms with van der Waals surface area (Å²) < 4.78 is 1.67. The fourth-order valence-corrected chi connectivity index (χ4v) is 1.91. The molecule has 2 aromatic rings. The van der Waals surface area contributed by atoms with Gasteiger partial charge in [0.05, 0.1) is 18.7 Å². The van der Waals surface area contributed by atoms with Crippen LogP contribution in [0.3, 0.4) is 0 Å². The minimum atomic E-state index is -0.282. The number of hydrogen-bond acceptors (Lipinski definition) is 3. The molecule has 0 aliphatic carbocycles. The summed E-state index contributed by atoms with van der Waals surface area (Å²) in [6.07, 6.45) is 3.39. The molecule has 0 fully saturated rings. The summed E-state index contributed by atoms with van der Waals surface area (Å²) in [6, 6.07) is 8.65. The van der Waals surface area contributed by atoms with Crippen LogP contribution in [0.4, 0.5) is 0 Å². The van der Waals surface area contributed by atoms with Gasteiger partial charge in [-0.05, 0) is 6.92 Å². The highest BCUT2D eigenvalue weighted by Crippen LogP contribution is 2.11. The average molecular weight is 271 g/mol. The van der Waals surface area contributed by atoms with Gasteiger partial charge in [-0.2, -0.15) is 5.10 Å². The van der Waals surface area contributed by atoms with E-state index in [4.69, 9.17) is 0 Å². The molecule has 20 heavy (non-hydrogen) atoms. The molecule has 1 atom stereocenters. The maximum absolute atomic E-state index is 11.9. The number of aromatic nitrogens is 2. The van der Waals surface area contributed by atoms with Crippen molar-refractivity contribution in [1.29, 1.82) is 0 Å². The normalized spacial score (nSPS) is 11.9. The van der Waals surface area contributed by atoms with E-state index in [9.17, 15) is 9.59 Å². The molecule has 1 unspecified atom stereocenters. The molecule has 0 aliphatic rings. The van der Waals surface area contributed by atoms with Crippen molar-refractivity contribution in [3.63, 3.8) is 0 Å². The van der Waals surface area contributed by atoms with E-state index >= 15 is 0 Å². The predicted molar refractivity (Wildman–Crippen MR) is 75.2 cm³/mol. The lowest BCUT2D eigenvalue weighted by Crippen LogP contribution is -2.28. The fourth-order valence-electron chi connectivity index (χ4n) is 1.91. The highest BCUT2D eigenvalue weighted by Gasteiger charge is 2.15. The van der Waals surface area contributed by atoms with Crippen molar-refractivity contribution in [2.75, 3.05) is 0 Å². The first kappa shape index (κ1) is 14.0. The van der Waals surface area contributed by atoms with E-state index in [1.807, 2.05) is 26.2 Å². The number of Topliss-reactive ketones (excluding diaryl/α,β-unsaturated/α-hetero) is 1. The molecule has 0 aliphatic heterocycles. The van der Waals surface area contributed by atoms with Crippen LogP contribution in [0, 0.1) is 0 Å². The van der Waals surface area contributed by atoms with Gasteiger partial charge < -0.3 is 5.32 Å². The molecule has 1 heterocycles. The topological polar surface area (TPSA) is 64.0 Å². The van der Waals surface area contributed by atoms with Gasteiger partial charge in [-0.3, -0.25) is 14.3 Å². The first-order chi connectivity index (χ1) is 9.56. The van der Waals surface area contributed by atoms with Crippen molar-refractivity contribution in [1.82, 2.24) is 15.1 Å². The van der Waals surface area contributed by atoms with Crippen LogP contribution in [-0.4, -0.2) is 21.5 Å². The molecular formula is C15H17N3O2. The quantitative estimate of drug-likeness (QED) is 0.667. The Morgan fingerprint density at radius 3 is 2.60 bits per heavy atom. The van der Waals surface area contributed by atoms with E-state index in [2.05, 4.69) is 10.4 Å². The number of benzene rings is 1. The Morgan fingerprint density at radius 1 is 1.30 bits per heavy atom. The van der Waals surface area contributed by atoms with Crippen molar-refractivity contribution >= 4 is 11.7 Å². The summed E-state index contributed by atoms with van der Waals surface area (Å²) in [7, 11) is 1.82. The molecule has 1 aromatic carbocycles. The van der Waals surface area contributed by atoms with Gasteiger partial charge in [0.15, 0.2) is 5.78 Å². The number of carbonyl (C=O) groups excluding carboxylic acids is 2. The van der Waals surface area contributed by atoms with Gasteiger partial charge in [0.1, 0.15) is 0 Å². The van der Waals surface area contributed by atoms with Crippen LogP contribution in [-0.2, 0) is 11.8 Å². The van der Waals surface area contributed by atoms with E-state index in [-0.39, 0.29) is 24.2 Å². The van der Waals surface area contributed by atoms with Gasteiger partial charge >= 0.3 is 0 Å². The Labute approximate surface area is 117 Å². The number of nitrogens with one attached hydrogen (secondary N) is 1. The van der Waals surface area contributed by atoms with E-state index in [0.29, 0.717) is 5.56 Å². The first-order valence-corrected chi connectivity index (χ1v) is 6.42. The Hall–Kier alpha value is -2.43. The second kappa shape index (κ2) is 6.14. The summed E-state index contributed by atoms with van der Waals surface area (Å²) in [5.74, 6) is -0.461. The summed E-state index contributed by atoms with van der Waals surface area (Å²) in [6.45, 7) is 1.86. The molecule has 5 heteroatoms. The molecule has 0 radical (unpaired) electrons. The Balaban J connectivity index is 1.91. The lowest BCUT2D eigenvalue weighted by molar-refractivity contribution is -0.120. The molecule has 0 spiro atoms. The highest BCUT2D eigenvalue weighted by molar-refractivity contribution is 6.07. The number of amides is 1. The van der Waals surface area contributed by atoms with E-state index in [1.54, 1.807) is 35.1 Å². The number of ketones is 1. The molecule has 1 N–H and O–H groups in total. The average Bonchev–Trinajstić information content (AvgIpc) is 2.86. The third-order valence-electron chi connectivity index (χ3n) is 3.02. The number of aryl methyl sites for hydroxylation is 1. The Morgan fingerprint density at radius 2 is 2.00 bits per heavy atom. The minimum Gasteiger partial charge on any atom is -0.349 e. The molecule has 0 bridgehead atoms. The van der Waals surface area contributed by atoms with Gasteiger partial charge in [0, 0.05) is 24.4 Å². The van der Waals surface area contributed by atoms with Crippen LogP contribution in [0.25, 0.3) is 0 Å². The van der Waals surface area contributed by atoms with Gasteiger partial charge in [0.25, 0.3) is 0 Å². The molecule has 0 saturated heterocycles. The van der Waals surface area contributed by atoms with Crippen molar-refractivity contribution < 1.29 is 9.59 Å². The van der Waals surface area contributed by atoms with Crippen molar-refractivity contribution in [2.24, 2.45) is 7.05 Å². The summed E-state index contributed by atoms with van der Waals surface area (Å²) in [4.78, 5) is 23.8. The van der Waals surface area contributed by atoms with Gasteiger partial charge in [-0.15, -0.1) is 0 Å². The van der Waals surface area contributed by atoms with Crippen LogP contribution in [0.5, 0.6) is 0 Å². The van der Waals surface area contributed by atoms with Crippen molar-refractivity contribution in [2.45, 2.75) is 19.4 Å². The third kappa shape index (κ3) is 3.54. The third-order valence-corrected chi connectivity index (χ3v) is 3.02. The Bertz CT molecular complexity index is 605. The lowest BCUT2D eigenvalue weighted by Gasteiger charge is -2.11. The molecular weight excluding hydrogens is 254 g/mol. The van der Waals surface area contributed by atoms with E-state index in [1.165, 1.54) is 0 Å². The number of hydrogen-bond donors (Lipinski definition) is 1. The Kier molecular flexibility index (Phi) is 4.30. The predicted octanol–water partition coefficient (Wildman–Crippen LogP) is 1.87. The lowest BCUT2D eigenvalue weighted by atomic mass is 10.1. The fraction of sp³-hybridized carbons (Fsp3) is 0.267. The molecule has 104 valence electrons. The maximum atomic E-state index is 11.9. The van der Waals surface area contributed by atoms with Crippen LogP contribution in [0.2, 0.25) is 0 Å². The maximum Gasteiger partial charge on any atom is 0.228 e. The van der Waals surface area contributed by atoms with Crippen LogP contribution >= 0.6 is 0 Å². The number of carbonyl (C=O) groups is 2. The molecule has 1 aromatic heterocycles. The zero-order valence-electron chi connectivity index (χ0n) is 11.5. The standard InChI is InChI=1S/C15H17N3O2/c1-11(13-9-16-18(2)10-13)17-15(20)8-14(19)12-6-4-3-5-7-12/h3-7,9-11H,8H2,1-2H3,(H,17,20). The molecule has 0 saturated carbocycles. The smallest absolute Gasteiger partial charge is 0.228 e. The van der Waals surface area contributed by atoms with Crippen LogP contribution in [0.1, 0.15) is 35.3 Å². The SMILES string of the molecule is CC(NC(=O)CC(=O)c1ccccc1)c1cnn(C)c1. The van der Waals surface area contributed by atoms with Crippen molar-refractivity contribution in [3.05, 3.63) is 53.9 Å². The van der Waals surface area contributed by atoms with E-state index in [0.717, 1.165) is 5.56 Å². The number of nitrogens with zero attached hydrogens (tertiary/aromatic N) is 2. The molecule has 5 nitrogen and oxygen atoms in total. The number of rotatable bonds is 5. The van der Waals surface area contributed by atoms with E-state index < -0.39 is 0 Å². The zero-order chi connectivity index (χ0) is 14.5. The van der Waals surface area contributed by atoms with Crippen LogP contribution in [0.15, 0.2) is 42.7 Å². The first-order valence-electron chi connectivity index (χ1n) is 6.42. The summed E-state index contributed by atoms with van der Waals surface area (Å²) >= 11 is 0. The largest absolute Gasteiger partial charge is 0.349 e. The summed E-state index contributed by atoms with van der Waals surface area (Å²) in [5.41, 5.74) is 1.46. The molecule has 2 rings (SSSR count). The second-order valence-corrected chi connectivity index (χ2v) is 4.70. The van der Waals surface area contributed by atoms with Gasteiger partial charge in [-0.1, -0.05) is 30.3 Å². The van der Waals surface area contributed by atoms with Gasteiger partial charge in [0.2, 0.25) is 5.91 Å². The highest BCUT2D eigenvalue weighted by atomic mass is 16.2. The van der Waals surface area contributed by atoms with Crippen molar-refractivity contribution in [3.8, 4) is 0 Å². The van der Waals surface area contributed by atoms with Gasteiger partial charge in [-0.25, -0.2) is 0 Å². The monoisotopic (exact) mass is 271 g/mol. The van der Waals surface area contributed by atoms with Crippen LogP contribution < -0.4 is 5.32 Å². The minimum absolute atomic E-state index is 0.144. The summed E-state index contributed by atoms with van der Waals surface area (Å²) in [5, 5.41) is 6.85. The molecule has 1 amide bonds.